The number of carbonyl (C=O) groups is 1. The monoisotopic (exact) mass is 425 g/mol. The number of aromatic nitrogens is 1. The number of pyridine rings is 1. The lowest BCUT2D eigenvalue weighted by Gasteiger charge is -2.48. The second-order valence-electron chi connectivity index (χ2n) is 9.23. The van der Waals surface area contributed by atoms with Crippen LogP contribution in [0.1, 0.15) is 41.3 Å². The number of nitrogens with zero attached hydrogens (tertiary/aromatic N) is 3. The summed E-state index contributed by atoms with van der Waals surface area (Å²) in [4.78, 5) is 22.4. The van der Waals surface area contributed by atoms with Crippen LogP contribution in [-0.4, -0.2) is 46.2 Å². The van der Waals surface area contributed by atoms with Crippen molar-refractivity contribution >= 4 is 5.78 Å². The molecule has 0 N–H and O–H groups in total. The molecule has 0 unspecified atom stereocenters. The molecule has 0 radical (unpaired) electrons. The maximum Gasteiger partial charge on any atom is 0.136 e. The van der Waals surface area contributed by atoms with Gasteiger partial charge in [0.05, 0.1) is 0 Å². The minimum atomic E-state index is 0.143. The van der Waals surface area contributed by atoms with Gasteiger partial charge in [0.1, 0.15) is 5.78 Å². The summed E-state index contributed by atoms with van der Waals surface area (Å²) in [7, 11) is 0. The molecule has 4 heteroatoms. The van der Waals surface area contributed by atoms with Crippen LogP contribution in [0.5, 0.6) is 0 Å². The molecule has 2 aliphatic heterocycles. The fourth-order valence-corrected chi connectivity index (χ4v) is 5.44. The Labute approximate surface area is 190 Å². The smallest absolute Gasteiger partial charge is 0.136 e. The van der Waals surface area contributed by atoms with Crippen molar-refractivity contribution in [3.63, 3.8) is 0 Å². The summed E-state index contributed by atoms with van der Waals surface area (Å²) in [6.45, 7) is 8.14. The fourth-order valence-electron chi connectivity index (χ4n) is 5.44. The quantitative estimate of drug-likeness (QED) is 0.592. The van der Waals surface area contributed by atoms with Gasteiger partial charge >= 0.3 is 0 Å². The molecule has 5 rings (SSSR count). The molecule has 0 saturated carbocycles. The number of carbonyl (C=O) groups excluding carboxylic acids is 1. The van der Waals surface area contributed by atoms with Crippen molar-refractivity contribution in [1.82, 2.24) is 14.8 Å². The largest absolute Gasteiger partial charge is 0.300 e. The van der Waals surface area contributed by atoms with E-state index in [1.54, 1.807) is 0 Å². The molecule has 32 heavy (non-hydrogen) atoms. The molecule has 4 nitrogen and oxygen atoms in total. The minimum Gasteiger partial charge on any atom is -0.300 e. The molecular weight excluding hydrogens is 394 g/mol. The summed E-state index contributed by atoms with van der Waals surface area (Å²) in [6.07, 6.45) is 3.16. The average molecular weight is 426 g/mol. The summed E-state index contributed by atoms with van der Waals surface area (Å²) >= 11 is 0. The van der Waals surface area contributed by atoms with Gasteiger partial charge in [0.25, 0.3) is 0 Å². The van der Waals surface area contributed by atoms with E-state index in [0.717, 1.165) is 31.9 Å². The van der Waals surface area contributed by atoms with Crippen molar-refractivity contribution in [3.8, 4) is 11.1 Å². The number of rotatable bonds is 4. The van der Waals surface area contributed by atoms with E-state index in [1.165, 1.54) is 27.8 Å². The Kier molecular flexibility index (Phi) is 5.90. The van der Waals surface area contributed by atoms with Gasteiger partial charge in [-0.3, -0.25) is 19.6 Å². The van der Waals surface area contributed by atoms with E-state index in [2.05, 4.69) is 89.3 Å². The SMILES string of the molecule is Cc1nccc(-c2ccccc2[C@H]2CC(=O)C[C@H]3CN(Cc4ccccc4)CCN32)c1C. The van der Waals surface area contributed by atoms with Gasteiger partial charge in [-0.2, -0.15) is 0 Å². The highest BCUT2D eigenvalue weighted by Gasteiger charge is 2.39. The number of hydrogen-bond donors (Lipinski definition) is 0. The number of ketones is 1. The Balaban J connectivity index is 1.43. The molecular formula is C28H31N3O. The molecule has 2 atom stereocenters. The van der Waals surface area contributed by atoms with E-state index in [1.807, 2.05) is 6.20 Å². The molecule has 2 saturated heterocycles. The van der Waals surface area contributed by atoms with Crippen molar-refractivity contribution in [2.45, 2.75) is 45.3 Å². The number of Topliss-reactive ketones (excluding diaryl/α,β-unsaturated/α-hetero) is 1. The second kappa shape index (κ2) is 8.97. The van der Waals surface area contributed by atoms with Gasteiger partial charge in [-0.05, 0) is 47.7 Å². The van der Waals surface area contributed by atoms with Gasteiger partial charge in [0.15, 0.2) is 0 Å². The third kappa shape index (κ3) is 4.13. The van der Waals surface area contributed by atoms with E-state index < -0.39 is 0 Å². The first-order valence-corrected chi connectivity index (χ1v) is 11.7. The van der Waals surface area contributed by atoms with E-state index in [-0.39, 0.29) is 12.1 Å². The summed E-state index contributed by atoms with van der Waals surface area (Å²) in [5, 5.41) is 0. The predicted molar refractivity (Wildman–Crippen MR) is 128 cm³/mol. The maximum atomic E-state index is 12.9. The third-order valence-electron chi connectivity index (χ3n) is 7.21. The first-order valence-electron chi connectivity index (χ1n) is 11.7. The summed E-state index contributed by atoms with van der Waals surface area (Å²) in [5.41, 5.74) is 7.35. The predicted octanol–water partition coefficient (Wildman–Crippen LogP) is 4.96. The normalized spacial score (nSPS) is 22.0. The second-order valence-corrected chi connectivity index (χ2v) is 9.23. The topological polar surface area (TPSA) is 36.4 Å². The Bertz CT molecular complexity index is 1110. The van der Waals surface area contributed by atoms with Crippen LogP contribution in [0, 0.1) is 13.8 Å². The third-order valence-corrected chi connectivity index (χ3v) is 7.21. The van der Waals surface area contributed by atoms with E-state index >= 15 is 0 Å². The van der Waals surface area contributed by atoms with Crippen LogP contribution in [0.3, 0.4) is 0 Å². The molecule has 0 aliphatic carbocycles. The molecule has 0 spiro atoms. The summed E-state index contributed by atoms with van der Waals surface area (Å²) in [6, 6.07) is 21.8. The highest BCUT2D eigenvalue weighted by atomic mass is 16.1. The van der Waals surface area contributed by atoms with Crippen LogP contribution in [0.2, 0.25) is 0 Å². The Morgan fingerprint density at radius 3 is 2.53 bits per heavy atom. The number of aryl methyl sites for hydroxylation is 1. The molecule has 1 aromatic heterocycles. The van der Waals surface area contributed by atoms with Crippen LogP contribution < -0.4 is 0 Å². The van der Waals surface area contributed by atoms with Crippen molar-refractivity contribution in [2.24, 2.45) is 0 Å². The van der Waals surface area contributed by atoms with Crippen molar-refractivity contribution in [3.05, 3.63) is 89.2 Å². The number of benzene rings is 2. The van der Waals surface area contributed by atoms with Crippen molar-refractivity contribution < 1.29 is 4.79 Å². The molecule has 3 heterocycles. The van der Waals surface area contributed by atoms with Gasteiger partial charge in [0, 0.05) is 63.0 Å². The number of fused-ring (bicyclic) bond motifs is 1. The Morgan fingerprint density at radius 2 is 1.69 bits per heavy atom. The molecule has 2 aliphatic rings. The van der Waals surface area contributed by atoms with Gasteiger partial charge in [0.2, 0.25) is 0 Å². The average Bonchev–Trinajstić information content (AvgIpc) is 2.81. The lowest BCUT2D eigenvalue weighted by molar-refractivity contribution is -0.127. The molecule has 0 bridgehead atoms. The zero-order valence-corrected chi connectivity index (χ0v) is 19.0. The number of piperidine rings is 1. The van der Waals surface area contributed by atoms with Crippen LogP contribution in [0.4, 0.5) is 0 Å². The maximum absolute atomic E-state index is 12.9. The van der Waals surface area contributed by atoms with Crippen molar-refractivity contribution in [2.75, 3.05) is 19.6 Å². The zero-order valence-electron chi connectivity index (χ0n) is 19.0. The van der Waals surface area contributed by atoms with Crippen LogP contribution in [0.25, 0.3) is 11.1 Å². The first-order chi connectivity index (χ1) is 15.6. The molecule has 2 fully saturated rings. The van der Waals surface area contributed by atoms with E-state index in [9.17, 15) is 4.79 Å². The number of piperazine rings is 1. The number of hydrogen-bond acceptors (Lipinski definition) is 4. The van der Waals surface area contributed by atoms with Crippen molar-refractivity contribution in [1.29, 1.82) is 0 Å². The first kappa shape index (κ1) is 21.0. The summed E-state index contributed by atoms with van der Waals surface area (Å²) < 4.78 is 0. The summed E-state index contributed by atoms with van der Waals surface area (Å²) in [5.74, 6) is 0.384. The van der Waals surface area contributed by atoms with Gasteiger partial charge in [-0.1, -0.05) is 54.6 Å². The standard InChI is InChI=1S/C28H31N3O/c1-20-21(2)29-13-12-25(20)26-10-6-7-11-27(26)28-17-24(32)16-23-19-30(14-15-31(23)28)18-22-8-4-3-5-9-22/h3-13,23,28H,14-19H2,1-2H3/t23-,28+/m0/s1. The minimum absolute atomic E-state index is 0.143. The molecule has 2 aromatic carbocycles. The van der Waals surface area contributed by atoms with Crippen LogP contribution in [-0.2, 0) is 11.3 Å². The highest BCUT2D eigenvalue weighted by molar-refractivity contribution is 5.82. The Morgan fingerprint density at radius 1 is 0.906 bits per heavy atom. The zero-order chi connectivity index (χ0) is 22.1. The molecule has 164 valence electrons. The van der Waals surface area contributed by atoms with Gasteiger partial charge in [-0.25, -0.2) is 0 Å². The van der Waals surface area contributed by atoms with Gasteiger partial charge in [-0.15, -0.1) is 0 Å². The fraction of sp³-hybridized carbons (Fsp3) is 0.357. The lowest BCUT2D eigenvalue weighted by Crippen LogP contribution is -2.57. The van der Waals surface area contributed by atoms with E-state index in [4.69, 9.17) is 0 Å². The van der Waals surface area contributed by atoms with Crippen LogP contribution >= 0.6 is 0 Å². The lowest BCUT2D eigenvalue weighted by atomic mass is 9.84. The van der Waals surface area contributed by atoms with Crippen LogP contribution in [0.15, 0.2) is 66.9 Å². The molecule has 3 aromatic rings. The highest BCUT2D eigenvalue weighted by Crippen LogP contribution is 2.40. The van der Waals surface area contributed by atoms with E-state index in [0.29, 0.717) is 18.6 Å². The Hall–Kier alpha value is -2.82. The molecule has 0 amide bonds. The van der Waals surface area contributed by atoms with Gasteiger partial charge < -0.3 is 0 Å².